The molecule has 0 fully saturated rings. The maximum absolute atomic E-state index is 12.5. The fraction of sp³-hybridized carbons (Fsp3) is 0. The van der Waals surface area contributed by atoms with Crippen molar-refractivity contribution in [3.05, 3.63) is 30.1 Å². The monoisotopic (exact) mass is 317 g/mol. The van der Waals surface area contributed by atoms with Crippen LogP contribution in [-0.2, 0) is 10.1 Å². The largest absolute Gasteiger partial charge is 0.297 e. The van der Waals surface area contributed by atoms with Crippen LogP contribution in [-0.4, -0.2) is 13.0 Å². The molecule has 3 nitrogen and oxygen atoms in total. The second kappa shape index (κ2) is 4.60. The van der Waals surface area contributed by atoms with Crippen molar-refractivity contribution in [2.24, 2.45) is 0 Å². The number of benzene rings is 1. The minimum absolute atomic E-state index is 0. The first kappa shape index (κ1) is 12.4. The molecule has 0 saturated carbocycles. The zero-order valence-electron chi connectivity index (χ0n) is 5.94. The average Bonchev–Trinajstić information content (AvgIpc) is 1.86. The second-order valence-electron chi connectivity index (χ2n) is 1.91. The van der Waals surface area contributed by atoms with Gasteiger partial charge in [0, 0.05) is 41.3 Å². The smallest absolute Gasteiger partial charge is 0.282 e. The fourth-order valence-electron chi connectivity index (χ4n) is 0.654. The normalized spacial score (nSPS) is 10.5. The van der Waals surface area contributed by atoms with E-state index in [4.69, 9.17) is 4.55 Å². The summed E-state index contributed by atoms with van der Waals surface area (Å²) in [4.78, 5) is -0.694. The van der Waals surface area contributed by atoms with E-state index in [1.165, 1.54) is 12.1 Å². The SMILES string of the molecule is O=S(=O)(O)c1ccccc1F.[Pr]. The van der Waals surface area contributed by atoms with E-state index in [-0.39, 0.29) is 41.3 Å². The Kier molecular flexibility index (Phi) is 4.76. The molecule has 0 spiro atoms. The summed E-state index contributed by atoms with van der Waals surface area (Å²) in [6, 6.07) is 4.62. The summed E-state index contributed by atoms with van der Waals surface area (Å²) in [6.45, 7) is 0. The van der Waals surface area contributed by atoms with Crippen LogP contribution in [0.2, 0.25) is 0 Å². The van der Waals surface area contributed by atoms with Crippen LogP contribution >= 0.6 is 0 Å². The van der Waals surface area contributed by atoms with Gasteiger partial charge in [0.15, 0.2) is 0 Å². The molecular weight excluding hydrogens is 312 g/mol. The first-order valence-electron chi connectivity index (χ1n) is 2.74. The third-order valence-corrected chi connectivity index (χ3v) is 2.00. The minimum atomic E-state index is -4.41. The molecule has 0 aliphatic carbocycles. The summed E-state index contributed by atoms with van der Waals surface area (Å²) < 4.78 is 41.7. The molecule has 1 aromatic carbocycles. The van der Waals surface area contributed by atoms with E-state index in [0.717, 1.165) is 12.1 Å². The predicted molar refractivity (Wildman–Crippen MR) is 36.2 cm³/mol. The van der Waals surface area contributed by atoms with Crippen LogP contribution in [0.25, 0.3) is 0 Å². The molecule has 0 unspecified atom stereocenters. The van der Waals surface area contributed by atoms with Crippen molar-refractivity contribution < 1.29 is 58.7 Å². The van der Waals surface area contributed by atoms with Gasteiger partial charge in [0.25, 0.3) is 10.1 Å². The number of halogens is 1. The van der Waals surface area contributed by atoms with Crippen LogP contribution in [0, 0.1) is 47.1 Å². The van der Waals surface area contributed by atoms with Crippen molar-refractivity contribution in [1.29, 1.82) is 0 Å². The molecule has 0 aromatic heterocycles. The van der Waals surface area contributed by atoms with E-state index < -0.39 is 20.8 Å². The Morgan fingerprint density at radius 3 is 2.08 bits per heavy atom. The van der Waals surface area contributed by atoms with Gasteiger partial charge >= 0.3 is 0 Å². The Hall–Kier alpha value is 0.424. The molecule has 0 saturated heterocycles. The van der Waals surface area contributed by atoms with Gasteiger partial charge < -0.3 is 0 Å². The molecule has 1 radical (unpaired) electrons. The average molecular weight is 317 g/mol. The van der Waals surface area contributed by atoms with E-state index in [1.807, 2.05) is 0 Å². The van der Waals surface area contributed by atoms with E-state index in [2.05, 4.69) is 0 Å². The Balaban J connectivity index is 0.00000121. The van der Waals surface area contributed by atoms with Gasteiger partial charge in [-0.25, -0.2) is 4.39 Å². The Bertz CT molecular complexity index is 363. The third-order valence-electron chi connectivity index (χ3n) is 1.11. The summed E-state index contributed by atoms with van der Waals surface area (Å²) in [5.74, 6) is -0.949. The summed E-state index contributed by atoms with van der Waals surface area (Å²) in [7, 11) is -4.41. The molecule has 63 valence electrons. The van der Waals surface area contributed by atoms with Crippen LogP contribution in [0.5, 0.6) is 0 Å². The quantitative estimate of drug-likeness (QED) is 0.789. The molecule has 1 aromatic rings. The third kappa shape index (κ3) is 3.05. The molecule has 1 rings (SSSR count). The van der Waals surface area contributed by atoms with E-state index >= 15 is 0 Å². The molecule has 12 heavy (non-hydrogen) atoms. The molecule has 1 N–H and O–H groups in total. The van der Waals surface area contributed by atoms with Crippen molar-refractivity contribution in [2.45, 2.75) is 4.90 Å². The van der Waals surface area contributed by atoms with E-state index in [1.54, 1.807) is 0 Å². The first-order chi connectivity index (χ1) is 5.02. The molecule has 0 aliphatic rings. The van der Waals surface area contributed by atoms with Crippen molar-refractivity contribution in [3.8, 4) is 0 Å². The standard InChI is InChI=1S/C6H5FO3S.Pr/c7-5-3-1-2-4-6(5)11(8,9)10;/h1-4H,(H,8,9,10);. The summed E-state index contributed by atoms with van der Waals surface area (Å²) in [6.07, 6.45) is 0. The van der Waals surface area contributed by atoms with Gasteiger partial charge in [0.2, 0.25) is 0 Å². The van der Waals surface area contributed by atoms with Crippen molar-refractivity contribution in [3.63, 3.8) is 0 Å². The summed E-state index contributed by atoms with van der Waals surface area (Å²) in [5, 5.41) is 0. The number of rotatable bonds is 1. The van der Waals surface area contributed by atoms with Crippen molar-refractivity contribution in [1.82, 2.24) is 0 Å². The van der Waals surface area contributed by atoms with Crippen LogP contribution in [0.1, 0.15) is 0 Å². The maximum atomic E-state index is 12.5. The molecule has 0 atom stereocenters. The number of hydrogen-bond donors (Lipinski definition) is 1. The summed E-state index contributed by atoms with van der Waals surface area (Å²) >= 11 is 0. The van der Waals surface area contributed by atoms with Gasteiger partial charge in [-0.3, -0.25) is 4.55 Å². The second-order valence-corrected chi connectivity index (χ2v) is 3.30. The Morgan fingerprint density at radius 2 is 1.75 bits per heavy atom. The van der Waals surface area contributed by atoms with Gasteiger partial charge in [-0.2, -0.15) is 8.42 Å². The van der Waals surface area contributed by atoms with E-state index in [9.17, 15) is 12.8 Å². The zero-order valence-corrected chi connectivity index (χ0v) is 10.5. The van der Waals surface area contributed by atoms with Crippen molar-refractivity contribution in [2.75, 3.05) is 0 Å². The van der Waals surface area contributed by atoms with Gasteiger partial charge in [0.1, 0.15) is 10.7 Å². The van der Waals surface area contributed by atoms with Crippen molar-refractivity contribution >= 4 is 10.1 Å². The molecule has 0 bridgehead atoms. The Labute approximate surface area is 103 Å². The summed E-state index contributed by atoms with van der Waals surface area (Å²) in [5.41, 5.74) is 0. The minimum Gasteiger partial charge on any atom is -0.282 e. The molecule has 0 amide bonds. The van der Waals surface area contributed by atoms with E-state index in [0.29, 0.717) is 0 Å². The number of hydrogen-bond acceptors (Lipinski definition) is 2. The first-order valence-corrected chi connectivity index (χ1v) is 4.18. The fourth-order valence-corrected chi connectivity index (χ4v) is 1.22. The van der Waals surface area contributed by atoms with Gasteiger partial charge in [-0.15, -0.1) is 0 Å². The molecule has 6 heteroatoms. The maximum Gasteiger partial charge on any atom is 0.297 e. The zero-order chi connectivity index (χ0) is 8.48. The van der Waals surface area contributed by atoms with Gasteiger partial charge in [0.05, 0.1) is 0 Å². The molecule has 0 aliphatic heterocycles. The van der Waals surface area contributed by atoms with Gasteiger partial charge in [-0.1, -0.05) is 12.1 Å². The predicted octanol–water partition coefficient (Wildman–Crippen LogP) is 1.07. The van der Waals surface area contributed by atoms with Crippen LogP contribution < -0.4 is 0 Å². The van der Waals surface area contributed by atoms with Crippen LogP contribution in [0.3, 0.4) is 0 Å². The molecule has 0 heterocycles. The van der Waals surface area contributed by atoms with Crippen LogP contribution in [0.4, 0.5) is 4.39 Å². The van der Waals surface area contributed by atoms with Gasteiger partial charge in [-0.05, 0) is 12.1 Å². The Morgan fingerprint density at radius 1 is 1.25 bits per heavy atom. The van der Waals surface area contributed by atoms with Crippen LogP contribution in [0.15, 0.2) is 29.2 Å². The topological polar surface area (TPSA) is 54.4 Å². The molecular formula is C6H5FO3PrS.